The Morgan fingerprint density at radius 1 is 1.32 bits per heavy atom. The number of pyridine rings is 1. The first-order valence-corrected chi connectivity index (χ1v) is 8.36. The lowest BCUT2D eigenvalue weighted by molar-refractivity contribution is -0.203. The van der Waals surface area contributed by atoms with Crippen LogP contribution in [0.1, 0.15) is 23.7 Å². The fraction of sp³-hybridized carbons (Fsp3) is 0.333. The van der Waals surface area contributed by atoms with Gasteiger partial charge in [0.25, 0.3) is 0 Å². The number of benzene rings is 1. The van der Waals surface area contributed by atoms with Crippen molar-refractivity contribution < 1.29 is 23.0 Å². The molecule has 0 saturated heterocycles. The van der Waals surface area contributed by atoms with Gasteiger partial charge in [-0.2, -0.15) is 13.9 Å². The molecule has 0 radical (unpaired) electrons. The van der Waals surface area contributed by atoms with Crippen LogP contribution < -0.4 is 16.4 Å². The highest BCUT2D eigenvalue weighted by molar-refractivity contribution is 5.53. The van der Waals surface area contributed by atoms with Crippen molar-refractivity contribution in [2.45, 2.75) is 25.4 Å². The Morgan fingerprint density at radius 2 is 2.04 bits per heavy atom. The Bertz CT molecular complexity index is 832. The number of rotatable bonds is 8. The van der Waals surface area contributed by atoms with E-state index in [1.54, 1.807) is 13.8 Å². The van der Waals surface area contributed by atoms with Crippen LogP contribution in [0, 0.1) is 12.7 Å². The van der Waals surface area contributed by atoms with Crippen molar-refractivity contribution in [2.75, 3.05) is 13.2 Å². The lowest BCUT2D eigenvalue weighted by Crippen LogP contribution is -2.53. The molecule has 1 atom stereocenters. The van der Waals surface area contributed by atoms with E-state index in [2.05, 4.69) is 10.1 Å². The predicted molar refractivity (Wildman–Crippen MR) is 97.9 cm³/mol. The lowest BCUT2D eigenvalue weighted by Gasteiger charge is -2.38. The van der Waals surface area contributed by atoms with Gasteiger partial charge in [0, 0.05) is 5.56 Å². The smallest absolute Gasteiger partial charge is 0.323 e. The summed E-state index contributed by atoms with van der Waals surface area (Å²) in [5.74, 6) is 5.81. The minimum absolute atomic E-state index is 0.280. The third kappa shape index (κ3) is 4.18. The summed E-state index contributed by atoms with van der Waals surface area (Å²) in [6.45, 7) is 2.75. The number of alkyl halides is 2. The maximum absolute atomic E-state index is 15.4. The van der Waals surface area contributed by atoms with Crippen molar-refractivity contribution in [2.24, 2.45) is 16.8 Å². The average Bonchev–Trinajstić information content (AvgIpc) is 2.62. The number of aryl methyl sites for hydroxylation is 1. The van der Waals surface area contributed by atoms with Crippen LogP contribution in [0.2, 0.25) is 0 Å². The standard InChI is InChI=1S/C18H22F3N5O2/c1-3-28-13-5-7-16(24-9-13)18(20,21)17(27,10-26(23)11-25-22)14-6-4-12(2)8-15(14)19/h4-9,11,27H,3,10,22-23H2,1-2H3/b25-11-. The monoisotopic (exact) mass is 397 g/mol. The molecule has 0 aliphatic rings. The molecule has 0 fully saturated rings. The number of nitrogens with zero attached hydrogens (tertiary/aromatic N) is 3. The summed E-state index contributed by atoms with van der Waals surface area (Å²) in [6.07, 6.45) is 1.93. The molecule has 28 heavy (non-hydrogen) atoms. The molecule has 1 aromatic heterocycles. The summed E-state index contributed by atoms with van der Waals surface area (Å²) in [7, 11) is 0. The van der Waals surface area contributed by atoms with E-state index in [1.807, 2.05) is 0 Å². The predicted octanol–water partition coefficient (Wildman–Crippen LogP) is 1.99. The Kier molecular flexibility index (Phi) is 6.47. The number of aromatic nitrogens is 1. The SMILES string of the molecule is CCOc1ccc(C(F)(F)C(O)(CN(N)/C=N\N)c2ccc(C)cc2F)nc1. The highest BCUT2D eigenvalue weighted by atomic mass is 19.3. The van der Waals surface area contributed by atoms with E-state index in [1.165, 1.54) is 12.1 Å². The van der Waals surface area contributed by atoms with Crippen LogP contribution in [0.15, 0.2) is 41.6 Å². The fourth-order valence-electron chi connectivity index (χ4n) is 2.73. The third-order valence-electron chi connectivity index (χ3n) is 4.09. The topological polar surface area (TPSA) is 110 Å². The van der Waals surface area contributed by atoms with Gasteiger partial charge in [-0.05, 0) is 37.6 Å². The Hall–Kier alpha value is -2.85. The molecule has 2 aromatic rings. The molecule has 0 aliphatic carbocycles. The summed E-state index contributed by atoms with van der Waals surface area (Å²) in [6, 6.07) is 5.82. The Balaban J connectivity index is 2.58. The van der Waals surface area contributed by atoms with E-state index in [4.69, 9.17) is 16.4 Å². The largest absolute Gasteiger partial charge is 0.492 e. The fourth-order valence-corrected chi connectivity index (χ4v) is 2.73. The zero-order valence-electron chi connectivity index (χ0n) is 15.4. The first kappa shape index (κ1) is 21.5. The highest BCUT2D eigenvalue weighted by Crippen LogP contribution is 2.46. The van der Waals surface area contributed by atoms with E-state index in [9.17, 15) is 9.50 Å². The van der Waals surface area contributed by atoms with Crippen molar-refractivity contribution in [3.63, 3.8) is 0 Å². The molecule has 7 nitrogen and oxygen atoms in total. The minimum atomic E-state index is -4.02. The second-order valence-electron chi connectivity index (χ2n) is 6.17. The quantitative estimate of drug-likeness (QED) is 0.272. The van der Waals surface area contributed by atoms with Crippen molar-refractivity contribution in [3.05, 3.63) is 59.2 Å². The summed E-state index contributed by atoms with van der Waals surface area (Å²) >= 11 is 0. The number of aliphatic hydroxyl groups is 1. The molecule has 0 bridgehead atoms. The summed E-state index contributed by atoms with van der Waals surface area (Å²) in [5, 5.41) is 14.8. The number of ether oxygens (including phenoxy) is 1. The first-order valence-electron chi connectivity index (χ1n) is 8.36. The minimum Gasteiger partial charge on any atom is -0.492 e. The maximum Gasteiger partial charge on any atom is 0.323 e. The van der Waals surface area contributed by atoms with Crippen LogP contribution in [-0.4, -0.2) is 34.6 Å². The molecule has 1 heterocycles. The van der Waals surface area contributed by atoms with Gasteiger partial charge in [-0.3, -0.25) is 9.99 Å². The molecule has 5 N–H and O–H groups in total. The Labute approximate surface area is 160 Å². The lowest BCUT2D eigenvalue weighted by atomic mass is 9.84. The van der Waals surface area contributed by atoms with E-state index in [0.29, 0.717) is 17.2 Å². The molecule has 0 amide bonds. The highest BCUT2D eigenvalue weighted by Gasteiger charge is 2.58. The molecule has 2 rings (SSSR count). The molecule has 0 aliphatic heterocycles. The van der Waals surface area contributed by atoms with Crippen molar-refractivity contribution in [1.29, 1.82) is 0 Å². The molecule has 0 saturated carbocycles. The molecule has 0 spiro atoms. The van der Waals surface area contributed by atoms with E-state index >= 15 is 8.78 Å². The second-order valence-corrected chi connectivity index (χ2v) is 6.17. The van der Waals surface area contributed by atoms with E-state index in [0.717, 1.165) is 30.7 Å². The number of halogens is 3. The van der Waals surface area contributed by atoms with Gasteiger partial charge in [-0.1, -0.05) is 12.1 Å². The van der Waals surface area contributed by atoms with Gasteiger partial charge in [0.05, 0.1) is 19.3 Å². The van der Waals surface area contributed by atoms with Crippen molar-refractivity contribution in [3.8, 4) is 5.75 Å². The van der Waals surface area contributed by atoms with Gasteiger partial charge in [0.1, 0.15) is 23.6 Å². The number of hydrogen-bond donors (Lipinski definition) is 3. The summed E-state index contributed by atoms with van der Waals surface area (Å²) < 4.78 is 50.5. The van der Waals surface area contributed by atoms with Gasteiger partial charge < -0.3 is 15.7 Å². The van der Waals surface area contributed by atoms with Crippen LogP contribution in [0.25, 0.3) is 0 Å². The number of hydrogen-bond acceptors (Lipinski definition) is 6. The second kappa shape index (κ2) is 8.44. The van der Waals surface area contributed by atoms with Crippen LogP contribution in [0.4, 0.5) is 13.2 Å². The normalized spacial score (nSPS) is 14.1. The van der Waals surface area contributed by atoms with Crippen molar-refractivity contribution in [1.82, 2.24) is 9.99 Å². The first-order chi connectivity index (χ1) is 13.2. The maximum atomic E-state index is 15.4. The van der Waals surface area contributed by atoms with Crippen LogP contribution >= 0.6 is 0 Å². The number of hydrazine groups is 1. The van der Waals surface area contributed by atoms with Gasteiger partial charge >= 0.3 is 5.92 Å². The van der Waals surface area contributed by atoms with Crippen LogP contribution in [-0.2, 0) is 11.5 Å². The molecular weight excluding hydrogens is 375 g/mol. The van der Waals surface area contributed by atoms with Crippen molar-refractivity contribution >= 4 is 6.34 Å². The zero-order valence-corrected chi connectivity index (χ0v) is 15.4. The van der Waals surface area contributed by atoms with E-state index in [-0.39, 0.29) is 5.75 Å². The molecule has 10 heteroatoms. The Morgan fingerprint density at radius 3 is 2.57 bits per heavy atom. The van der Waals surface area contributed by atoms with Crippen LogP contribution in [0.5, 0.6) is 5.75 Å². The van der Waals surface area contributed by atoms with Crippen LogP contribution in [0.3, 0.4) is 0 Å². The van der Waals surface area contributed by atoms with E-state index < -0.39 is 35.1 Å². The molecule has 152 valence electrons. The molecular formula is C18H22F3N5O2. The third-order valence-corrected chi connectivity index (χ3v) is 4.09. The van der Waals surface area contributed by atoms with Gasteiger partial charge in [-0.25, -0.2) is 10.2 Å². The van der Waals surface area contributed by atoms with Gasteiger partial charge in [0.15, 0.2) is 5.60 Å². The number of nitrogens with two attached hydrogens (primary N) is 2. The molecule has 1 aromatic carbocycles. The van der Waals surface area contributed by atoms with Gasteiger partial charge in [0.2, 0.25) is 0 Å². The summed E-state index contributed by atoms with van der Waals surface area (Å²) in [4.78, 5) is 3.69. The summed E-state index contributed by atoms with van der Waals surface area (Å²) in [5.41, 5.74) is -3.99. The number of hydrazone groups is 1. The van der Waals surface area contributed by atoms with Gasteiger partial charge in [-0.15, -0.1) is 0 Å². The zero-order chi connectivity index (χ0) is 20.9. The average molecular weight is 397 g/mol. The molecule has 1 unspecified atom stereocenters.